The van der Waals surface area contributed by atoms with E-state index in [4.69, 9.17) is 10.5 Å². The number of amides is 1. The Balaban J connectivity index is 3.03. The maximum atomic E-state index is 10.9. The molecular weight excluding hydrogens is 238 g/mol. The van der Waals surface area contributed by atoms with Gasteiger partial charge in [-0.05, 0) is 25.6 Å². The molecular formula is C11H15N3O4. The standard InChI is InChI=1S/C11H15N3O4/c1-7(11(12)15)18-10-4-3-8(6-13-2)5-9(10)14(16)17/h3-5,7,13H,6H2,1-2H3,(H2,12,15). The molecule has 0 bridgehead atoms. The lowest BCUT2D eigenvalue weighted by atomic mass is 10.2. The minimum atomic E-state index is -0.918. The monoisotopic (exact) mass is 253 g/mol. The second-order valence-electron chi connectivity index (χ2n) is 3.75. The van der Waals surface area contributed by atoms with Crippen molar-refractivity contribution >= 4 is 11.6 Å². The highest BCUT2D eigenvalue weighted by atomic mass is 16.6. The summed E-state index contributed by atoms with van der Waals surface area (Å²) in [6.07, 6.45) is -0.918. The first-order chi connectivity index (χ1) is 8.45. The largest absolute Gasteiger partial charge is 0.474 e. The van der Waals surface area contributed by atoms with Crippen molar-refractivity contribution in [2.45, 2.75) is 19.6 Å². The number of nitrogens with zero attached hydrogens (tertiary/aromatic N) is 1. The van der Waals surface area contributed by atoms with E-state index in [2.05, 4.69) is 5.32 Å². The van der Waals surface area contributed by atoms with E-state index >= 15 is 0 Å². The van der Waals surface area contributed by atoms with Gasteiger partial charge in [0.25, 0.3) is 5.91 Å². The summed E-state index contributed by atoms with van der Waals surface area (Å²) in [6, 6.07) is 4.55. The summed E-state index contributed by atoms with van der Waals surface area (Å²) >= 11 is 0. The van der Waals surface area contributed by atoms with Gasteiger partial charge >= 0.3 is 5.69 Å². The van der Waals surface area contributed by atoms with Gasteiger partial charge < -0.3 is 15.8 Å². The van der Waals surface area contributed by atoms with E-state index in [1.165, 1.54) is 19.1 Å². The molecule has 3 N–H and O–H groups in total. The van der Waals surface area contributed by atoms with Crippen LogP contribution in [0.15, 0.2) is 18.2 Å². The van der Waals surface area contributed by atoms with Crippen LogP contribution in [0.3, 0.4) is 0 Å². The second kappa shape index (κ2) is 5.97. The average molecular weight is 253 g/mol. The summed E-state index contributed by atoms with van der Waals surface area (Å²) in [7, 11) is 1.74. The molecule has 1 amide bonds. The third-order valence-electron chi connectivity index (χ3n) is 2.31. The van der Waals surface area contributed by atoms with E-state index in [0.717, 1.165) is 5.56 Å². The number of carbonyl (C=O) groups excluding carboxylic acids is 1. The van der Waals surface area contributed by atoms with Gasteiger partial charge in [0.05, 0.1) is 4.92 Å². The van der Waals surface area contributed by atoms with Crippen LogP contribution in [0.2, 0.25) is 0 Å². The molecule has 1 unspecified atom stereocenters. The maximum Gasteiger partial charge on any atom is 0.311 e. The molecule has 0 fully saturated rings. The fourth-order valence-corrected chi connectivity index (χ4v) is 1.37. The van der Waals surface area contributed by atoms with E-state index in [1.54, 1.807) is 13.1 Å². The number of nitrogens with one attached hydrogen (secondary N) is 1. The molecule has 0 spiro atoms. The van der Waals surface area contributed by atoms with E-state index in [0.29, 0.717) is 6.54 Å². The molecule has 1 aromatic rings. The summed E-state index contributed by atoms with van der Waals surface area (Å²) in [5.74, 6) is -0.644. The van der Waals surface area contributed by atoms with Crippen LogP contribution in [0.5, 0.6) is 5.75 Å². The van der Waals surface area contributed by atoms with Gasteiger partial charge in [-0.15, -0.1) is 0 Å². The zero-order valence-electron chi connectivity index (χ0n) is 10.2. The minimum Gasteiger partial charge on any atom is -0.474 e. The topological polar surface area (TPSA) is 107 Å². The Bertz CT molecular complexity index is 462. The molecule has 0 saturated carbocycles. The SMILES string of the molecule is CNCc1ccc(OC(C)C(N)=O)c([N+](=O)[O-])c1. The Hall–Kier alpha value is -2.15. The molecule has 18 heavy (non-hydrogen) atoms. The number of nitrogens with two attached hydrogens (primary N) is 1. The first kappa shape index (κ1) is 13.9. The number of nitro groups is 1. The van der Waals surface area contributed by atoms with Crippen LogP contribution in [0.25, 0.3) is 0 Å². The molecule has 0 aromatic heterocycles. The number of hydrogen-bond donors (Lipinski definition) is 2. The van der Waals surface area contributed by atoms with Crippen molar-refractivity contribution in [1.82, 2.24) is 5.32 Å². The average Bonchev–Trinajstić information content (AvgIpc) is 2.30. The molecule has 98 valence electrons. The van der Waals surface area contributed by atoms with Crippen LogP contribution in [0, 0.1) is 10.1 Å². The molecule has 7 nitrogen and oxygen atoms in total. The van der Waals surface area contributed by atoms with Crippen LogP contribution in [-0.4, -0.2) is 24.0 Å². The molecule has 0 radical (unpaired) electrons. The Morgan fingerprint density at radius 3 is 2.78 bits per heavy atom. The summed E-state index contributed by atoms with van der Waals surface area (Å²) in [5, 5.41) is 13.8. The minimum absolute atomic E-state index is 0.0335. The molecule has 0 aliphatic rings. The predicted octanol–water partition coefficient (Wildman–Crippen LogP) is 0.567. The fraction of sp³-hybridized carbons (Fsp3) is 0.364. The van der Waals surface area contributed by atoms with Crippen molar-refractivity contribution in [3.05, 3.63) is 33.9 Å². The first-order valence-corrected chi connectivity index (χ1v) is 5.33. The molecule has 0 heterocycles. The Morgan fingerprint density at radius 1 is 1.61 bits per heavy atom. The van der Waals surface area contributed by atoms with Gasteiger partial charge in [0.1, 0.15) is 0 Å². The normalized spacial score (nSPS) is 11.9. The third kappa shape index (κ3) is 3.42. The van der Waals surface area contributed by atoms with Crippen molar-refractivity contribution in [3.8, 4) is 5.75 Å². The Labute approximate surface area is 104 Å². The molecule has 0 aliphatic heterocycles. The highest BCUT2D eigenvalue weighted by Crippen LogP contribution is 2.28. The van der Waals surface area contributed by atoms with E-state index in [1.807, 2.05) is 0 Å². The molecule has 7 heteroatoms. The van der Waals surface area contributed by atoms with Gasteiger partial charge in [-0.25, -0.2) is 0 Å². The second-order valence-corrected chi connectivity index (χ2v) is 3.75. The maximum absolute atomic E-state index is 10.9. The zero-order chi connectivity index (χ0) is 13.7. The lowest BCUT2D eigenvalue weighted by molar-refractivity contribution is -0.386. The lowest BCUT2D eigenvalue weighted by Crippen LogP contribution is -2.30. The van der Waals surface area contributed by atoms with Crippen LogP contribution >= 0.6 is 0 Å². The number of ether oxygens (including phenoxy) is 1. The smallest absolute Gasteiger partial charge is 0.311 e. The van der Waals surface area contributed by atoms with E-state index in [9.17, 15) is 14.9 Å². The van der Waals surface area contributed by atoms with Gasteiger partial charge in [-0.3, -0.25) is 14.9 Å². The number of benzene rings is 1. The fourth-order valence-electron chi connectivity index (χ4n) is 1.37. The number of primary amides is 1. The van der Waals surface area contributed by atoms with Crippen molar-refractivity contribution in [2.24, 2.45) is 5.73 Å². The van der Waals surface area contributed by atoms with Crippen molar-refractivity contribution in [3.63, 3.8) is 0 Å². The van der Waals surface area contributed by atoms with Gasteiger partial charge in [-0.1, -0.05) is 6.07 Å². The van der Waals surface area contributed by atoms with Crippen LogP contribution < -0.4 is 15.8 Å². The van der Waals surface area contributed by atoms with Gasteiger partial charge in [0.15, 0.2) is 11.9 Å². The summed E-state index contributed by atoms with van der Waals surface area (Å²) in [5.41, 5.74) is 5.61. The Morgan fingerprint density at radius 2 is 2.28 bits per heavy atom. The van der Waals surface area contributed by atoms with Crippen LogP contribution in [-0.2, 0) is 11.3 Å². The first-order valence-electron chi connectivity index (χ1n) is 5.33. The highest BCUT2D eigenvalue weighted by Gasteiger charge is 2.20. The quantitative estimate of drug-likeness (QED) is 0.569. The van der Waals surface area contributed by atoms with Gasteiger partial charge in [-0.2, -0.15) is 0 Å². The summed E-state index contributed by atoms with van der Waals surface area (Å²) in [6.45, 7) is 1.94. The summed E-state index contributed by atoms with van der Waals surface area (Å²) in [4.78, 5) is 21.2. The van der Waals surface area contributed by atoms with Gasteiger partial charge in [0.2, 0.25) is 0 Å². The van der Waals surface area contributed by atoms with Crippen molar-refractivity contribution in [2.75, 3.05) is 7.05 Å². The number of carbonyl (C=O) groups is 1. The number of nitro benzene ring substituents is 1. The van der Waals surface area contributed by atoms with E-state index < -0.39 is 16.9 Å². The highest BCUT2D eigenvalue weighted by molar-refractivity contribution is 5.78. The molecule has 0 aliphatic carbocycles. The molecule has 1 aromatic carbocycles. The zero-order valence-corrected chi connectivity index (χ0v) is 10.2. The van der Waals surface area contributed by atoms with Crippen molar-refractivity contribution < 1.29 is 14.5 Å². The van der Waals surface area contributed by atoms with Crippen LogP contribution in [0.4, 0.5) is 5.69 Å². The molecule has 0 saturated heterocycles. The molecule has 1 rings (SSSR count). The Kier molecular flexibility index (Phi) is 4.61. The lowest BCUT2D eigenvalue weighted by Gasteiger charge is -2.12. The van der Waals surface area contributed by atoms with Gasteiger partial charge in [0, 0.05) is 12.6 Å². The number of rotatable bonds is 6. The predicted molar refractivity (Wildman–Crippen MR) is 65.1 cm³/mol. The number of hydrogen-bond acceptors (Lipinski definition) is 5. The van der Waals surface area contributed by atoms with E-state index in [-0.39, 0.29) is 11.4 Å². The third-order valence-corrected chi connectivity index (χ3v) is 2.31. The van der Waals surface area contributed by atoms with Crippen molar-refractivity contribution in [1.29, 1.82) is 0 Å². The summed E-state index contributed by atoms with van der Waals surface area (Å²) < 4.78 is 5.16. The van der Waals surface area contributed by atoms with Crippen LogP contribution in [0.1, 0.15) is 12.5 Å². The molecule has 1 atom stereocenters.